The minimum Gasteiger partial charge on any atom is -0.316 e. The maximum atomic E-state index is 3.60. The summed E-state index contributed by atoms with van der Waals surface area (Å²) in [7, 11) is 0. The molecule has 5 aliphatic rings. The van der Waals surface area contributed by atoms with Crippen molar-refractivity contribution >= 4 is 11.8 Å². The first-order valence-electron chi connectivity index (χ1n) is 7.70. The topological polar surface area (TPSA) is 12.0 Å². The summed E-state index contributed by atoms with van der Waals surface area (Å²) in [6.45, 7) is 2.55. The number of hydrogen-bond acceptors (Lipinski definition) is 2. The van der Waals surface area contributed by atoms with Crippen LogP contribution in [0.15, 0.2) is 0 Å². The summed E-state index contributed by atoms with van der Waals surface area (Å²) in [6.07, 6.45) is 12.3. The van der Waals surface area contributed by atoms with Gasteiger partial charge in [-0.1, -0.05) is 0 Å². The fourth-order valence-electron chi connectivity index (χ4n) is 5.45. The molecule has 1 atom stereocenters. The van der Waals surface area contributed by atoms with E-state index >= 15 is 0 Å². The van der Waals surface area contributed by atoms with Gasteiger partial charge in [0, 0.05) is 16.5 Å². The van der Waals surface area contributed by atoms with Gasteiger partial charge in [-0.05, 0) is 75.7 Å². The van der Waals surface area contributed by atoms with Gasteiger partial charge in [-0.25, -0.2) is 0 Å². The molecule has 96 valence electrons. The zero-order valence-corrected chi connectivity index (χ0v) is 11.6. The van der Waals surface area contributed by atoms with Crippen LogP contribution in [-0.4, -0.2) is 23.1 Å². The Labute approximate surface area is 109 Å². The van der Waals surface area contributed by atoms with Crippen LogP contribution in [-0.2, 0) is 0 Å². The summed E-state index contributed by atoms with van der Waals surface area (Å²) in [5.41, 5.74) is 0. The van der Waals surface area contributed by atoms with Crippen LogP contribution in [0, 0.1) is 17.8 Å². The molecule has 0 aromatic carbocycles. The van der Waals surface area contributed by atoms with Gasteiger partial charge in [0.15, 0.2) is 0 Å². The number of rotatable bonds is 2. The zero-order valence-electron chi connectivity index (χ0n) is 10.8. The highest BCUT2D eigenvalue weighted by Crippen LogP contribution is 2.61. The molecule has 5 fully saturated rings. The van der Waals surface area contributed by atoms with Crippen molar-refractivity contribution in [1.82, 2.24) is 5.32 Å². The number of thioether (sulfide) groups is 1. The van der Waals surface area contributed by atoms with E-state index in [0.29, 0.717) is 0 Å². The summed E-state index contributed by atoms with van der Waals surface area (Å²) in [5.74, 6) is 3.35. The molecule has 1 N–H and O–H groups in total. The van der Waals surface area contributed by atoms with Gasteiger partial charge in [-0.3, -0.25) is 0 Å². The van der Waals surface area contributed by atoms with Gasteiger partial charge in [0.25, 0.3) is 0 Å². The van der Waals surface area contributed by atoms with E-state index in [9.17, 15) is 0 Å². The Bertz CT molecular complexity index is 260. The van der Waals surface area contributed by atoms with E-state index in [1.54, 1.807) is 38.5 Å². The average Bonchev–Trinajstić information content (AvgIpc) is 2.27. The Morgan fingerprint density at radius 3 is 2.12 bits per heavy atom. The van der Waals surface area contributed by atoms with Gasteiger partial charge >= 0.3 is 0 Å². The molecule has 0 spiro atoms. The van der Waals surface area contributed by atoms with Gasteiger partial charge in [0.05, 0.1) is 0 Å². The second-order valence-electron chi connectivity index (χ2n) is 7.19. The van der Waals surface area contributed by atoms with E-state index in [1.807, 2.05) is 0 Å². The lowest BCUT2D eigenvalue weighted by atomic mass is 9.56. The lowest BCUT2D eigenvalue weighted by Gasteiger charge is -2.57. The first-order chi connectivity index (χ1) is 8.31. The summed E-state index contributed by atoms with van der Waals surface area (Å²) >= 11 is 2.42. The Hall–Kier alpha value is 0.310. The minimum absolute atomic E-state index is 0.735. The SMILES string of the molecule is C1CNCC(SC23CC4CC(CC(C4)C2)C3)C1. The predicted octanol–water partition coefficient (Wildman–Crippen LogP) is 3.44. The maximum absolute atomic E-state index is 3.60. The third-order valence-corrected chi connectivity index (χ3v) is 7.39. The summed E-state index contributed by atoms with van der Waals surface area (Å²) in [5, 5.41) is 4.53. The van der Waals surface area contributed by atoms with Crippen LogP contribution in [0.2, 0.25) is 0 Å². The van der Waals surface area contributed by atoms with Crippen molar-refractivity contribution in [3.05, 3.63) is 0 Å². The standard InChI is InChI=1S/C15H25NS/c1-2-14(10-16-3-1)17-15-7-11-4-12(8-15)6-13(5-11)9-15/h11-14,16H,1-10H2. The fourth-order valence-corrected chi connectivity index (χ4v) is 7.64. The molecule has 2 heteroatoms. The Morgan fingerprint density at radius 1 is 0.941 bits per heavy atom. The van der Waals surface area contributed by atoms with Crippen molar-refractivity contribution in [2.75, 3.05) is 13.1 Å². The molecule has 1 heterocycles. The van der Waals surface area contributed by atoms with Gasteiger partial charge in [-0.2, -0.15) is 11.8 Å². The number of hydrogen-bond donors (Lipinski definition) is 1. The molecule has 1 nitrogen and oxygen atoms in total. The molecule has 0 aromatic rings. The third kappa shape index (κ3) is 2.06. The normalized spacial score (nSPS) is 52.9. The largest absolute Gasteiger partial charge is 0.316 e. The van der Waals surface area contributed by atoms with Crippen molar-refractivity contribution < 1.29 is 0 Å². The van der Waals surface area contributed by atoms with Crippen LogP contribution in [0.4, 0.5) is 0 Å². The van der Waals surface area contributed by atoms with Crippen LogP contribution in [0.1, 0.15) is 51.4 Å². The van der Waals surface area contributed by atoms with E-state index in [4.69, 9.17) is 0 Å². The van der Waals surface area contributed by atoms with Crippen molar-refractivity contribution in [2.24, 2.45) is 17.8 Å². The fraction of sp³-hybridized carbons (Fsp3) is 1.00. The van der Waals surface area contributed by atoms with Gasteiger partial charge < -0.3 is 5.32 Å². The van der Waals surface area contributed by atoms with Crippen LogP contribution >= 0.6 is 11.8 Å². The first-order valence-corrected chi connectivity index (χ1v) is 8.58. The molecule has 4 aliphatic carbocycles. The van der Waals surface area contributed by atoms with Gasteiger partial charge in [-0.15, -0.1) is 0 Å². The molecule has 0 aromatic heterocycles. The number of nitrogens with one attached hydrogen (secondary N) is 1. The highest BCUT2D eigenvalue weighted by molar-refractivity contribution is 8.01. The molecule has 17 heavy (non-hydrogen) atoms. The molecular formula is C15H25NS. The zero-order chi connectivity index (χ0) is 11.3. The Kier molecular flexibility index (Phi) is 2.73. The summed E-state index contributed by atoms with van der Waals surface area (Å²) < 4.78 is 0.735. The average molecular weight is 251 g/mol. The Morgan fingerprint density at radius 2 is 1.59 bits per heavy atom. The second kappa shape index (κ2) is 4.16. The van der Waals surface area contributed by atoms with Gasteiger partial charge in [0.1, 0.15) is 0 Å². The maximum Gasteiger partial charge on any atom is 0.0178 e. The van der Waals surface area contributed by atoms with Crippen molar-refractivity contribution in [2.45, 2.75) is 61.4 Å². The molecule has 4 saturated carbocycles. The first kappa shape index (κ1) is 11.2. The molecule has 1 aliphatic heterocycles. The van der Waals surface area contributed by atoms with Gasteiger partial charge in [0.2, 0.25) is 0 Å². The van der Waals surface area contributed by atoms with Crippen LogP contribution in [0.3, 0.4) is 0 Å². The molecule has 4 bridgehead atoms. The highest BCUT2D eigenvalue weighted by Gasteiger charge is 2.51. The predicted molar refractivity (Wildman–Crippen MR) is 74.4 cm³/mol. The quantitative estimate of drug-likeness (QED) is 0.807. The molecular weight excluding hydrogens is 226 g/mol. The smallest absolute Gasteiger partial charge is 0.0178 e. The van der Waals surface area contributed by atoms with E-state index in [-0.39, 0.29) is 0 Å². The van der Waals surface area contributed by atoms with Crippen molar-refractivity contribution in [1.29, 1.82) is 0 Å². The lowest BCUT2D eigenvalue weighted by molar-refractivity contribution is 0.0380. The van der Waals surface area contributed by atoms with E-state index in [0.717, 1.165) is 27.8 Å². The molecule has 0 amide bonds. The highest BCUT2D eigenvalue weighted by atomic mass is 32.2. The monoisotopic (exact) mass is 251 g/mol. The summed E-state index contributed by atoms with van der Waals surface area (Å²) in [4.78, 5) is 0. The summed E-state index contributed by atoms with van der Waals surface area (Å²) in [6, 6.07) is 0. The van der Waals surface area contributed by atoms with E-state index < -0.39 is 0 Å². The molecule has 1 saturated heterocycles. The second-order valence-corrected chi connectivity index (χ2v) is 8.96. The van der Waals surface area contributed by atoms with Crippen LogP contribution in [0.25, 0.3) is 0 Å². The molecule has 5 rings (SSSR count). The third-order valence-electron chi connectivity index (χ3n) is 5.65. The molecule has 0 radical (unpaired) electrons. The minimum atomic E-state index is 0.735. The Balaban J connectivity index is 1.48. The number of piperidine rings is 1. The van der Waals surface area contributed by atoms with Crippen molar-refractivity contribution in [3.63, 3.8) is 0 Å². The van der Waals surface area contributed by atoms with E-state index in [1.165, 1.54) is 25.9 Å². The van der Waals surface area contributed by atoms with E-state index in [2.05, 4.69) is 17.1 Å². The van der Waals surface area contributed by atoms with Crippen LogP contribution in [0.5, 0.6) is 0 Å². The lowest BCUT2D eigenvalue weighted by Crippen LogP contribution is -2.50. The van der Waals surface area contributed by atoms with Crippen molar-refractivity contribution in [3.8, 4) is 0 Å². The van der Waals surface area contributed by atoms with Crippen LogP contribution < -0.4 is 5.32 Å². The molecule has 1 unspecified atom stereocenters.